The lowest BCUT2D eigenvalue weighted by molar-refractivity contribution is 0.113. The van der Waals surface area contributed by atoms with E-state index in [0.717, 1.165) is 5.56 Å². The van der Waals surface area contributed by atoms with Crippen molar-refractivity contribution in [1.82, 2.24) is 0 Å². The van der Waals surface area contributed by atoms with Crippen molar-refractivity contribution >= 4 is 10.8 Å². The molecule has 0 aromatic heterocycles. The lowest BCUT2D eigenvalue weighted by Gasteiger charge is -2.20. The largest absolute Gasteiger partial charge is 0.394 e. The van der Waals surface area contributed by atoms with Crippen molar-refractivity contribution in [3.05, 3.63) is 35.4 Å². The summed E-state index contributed by atoms with van der Waals surface area (Å²) in [4.78, 5) is 0. The first kappa shape index (κ1) is 16.3. The minimum absolute atomic E-state index is 0.105. The van der Waals surface area contributed by atoms with Gasteiger partial charge < -0.3 is 10.2 Å². The summed E-state index contributed by atoms with van der Waals surface area (Å²) in [5, 5.41) is 18.0. The molecule has 0 saturated heterocycles. The van der Waals surface area contributed by atoms with Crippen LogP contribution >= 0.6 is 0 Å². The number of benzene rings is 1. The molecule has 4 heteroatoms. The fourth-order valence-corrected chi connectivity index (χ4v) is 3.03. The normalized spacial score (nSPS) is 16.9. The van der Waals surface area contributed by atoms with E-state index in [2.05, 4.69) is 32.9 Å². The van der Waals surface area contributed by atoms with Crippen molar-refractivity contribution in [2.75, 3.05) is 12.4 Å². The van der Waals surface area contributed by atoms with Crippen molar-refractivity contribution in [3.8, 4) is 0 Å². The molecule has 0 aliphatic carbocycles. The van der Waals surface area contributed by atoms with Crippen LogP contribution in [0.2, 0.25) is 0 Å². The van der Waals surface area contributed by atoms with Crippen LogP contribution in [0.15, 0.2) is 24.3 Å². The predicted molar refractivity (Wildman–Crippen MR) is 79.7 cm³/mol. The number of aliphatic hydroxyl groups is 2. The average Bonchev–Trinajstić information content (AvgIpc) is 2.36. The molecule has 0 aliphatic heterocycles. The highest BCUT2D eigenvalue weighted by Crippen LogP contribution is 2.26. The summed E-state index contributed by atoms with van der Waals surface area (Å²) in [6, 6.07) is 8.11. The van der Waals surface area contributed by atoms with Crippen LogP contribution < -0.4 is 0 Å². The first-order chi connectivity index (χ1) is 8.75. The van der Waals surface area contributed by atoms with Gasteiger partial charge in [-0.2, -0.15) is 0 Å². The van der Waals surface area contributed by atoms with E-state index in [4.69, 9.17) is 5.11 Å². The van der Waals surface area contributed by atoms with Gasteiger partial charge in [0.15, 0.2) is 0 Å². The molecule has 19 heavy (non-hydrogen) atoms. The van der Waals surface area contributed by atoms with Crippen molar-refractivity contribution in [1.29, 1.82) is 0 Å². The highest BCUT2D eigenvalue weighted by molar-refractivity contribution is 7.85. The van der Waals surface area contributed by atoms with Gasteiger partial charge in [-0.3, -0.25) is 4.21 Å². The topological polar surface area (TPSA) is 57.5 Å². The zero-order valence-corrected chi connectivity index (χ0v) is 12.9. The number of hydrogen-bond donors (Lipinski definition) is 2. The second-order valence-electron chi connectivity index (χ2n) is 5.90. The summed E-state index contributed by atoms with van der Waals surface area (Å²) in [6.45, 7) is 8.00. The van der Waals surface area contributed by atoms with Crippen LogP contribution in [0.3, 0.4) is 0 Å². The lowest BCUT2D eigenvalue weighted by Crippen LogP contribution is -2.22. The van der Waals surface area contributed by atoms with E-state index >= 15 is 0 Å². The Bertz CT molecular complexity index is 420. The minimum Gasteiger partial charge on any atom is -0.394 e. The van der Waals surface area contributed by atoms with Crippen molar-refractivity contribution < 1.29 is 14.4 Å². The maximum atomic E-state index is 12.0. The molecular formula is C15H24O3S. The van der Waals surface area contributed by atoms with E-state index < -0.39 is 16.9 Å². The Hall–Kier alpha value is -0.710. The third-order valence-electron chi connectivity index (χ3n) is 3.21. The van der Waals surface area contributed by atoms with Gasteiger partial charge in [-0.05, 0) is 23.5 Å². The van der Waals surface area contributed by atoms with Crippen LogP contribution in [-0.4, -0.2) is 32.9 Å². The molecule has 0 spiro atoms. The summed E-state index contributed by atoms with van der Waals surface area (Å²) >= 11 is 0. The van der Waals surface area contributed by atoms with Gasteiger partial charge in [0.25, 0.3) is 0 Å². The van der Waals surface area contributed by atoms with Gasteiger partial charge in [-0.1, -0.05) is 45.0 Å². The molecule has 1 aromatic rings. The Kier molecular flexibility index (Phi) is 5.71. The van der Waals surface area contributed by atoms with Gasteiger partial charge in [0.05, 0.1) is 23.7 Å². The molecule has 1 aromatic carbocycles. The number of rotatable bonds is 5. The molecule has 3 nitrogen and oxygen atoms in total. The monoisotopic (exact) mass is 284 g/mol. The molecule has 0 radical (unpaired) electrons. The molecule has 1 rings (SSSR count). The molecular weight excluding hydrogens is 260 g/mol. The number of hydrogen-bond acceptors (Lipinski definition) is 3. The van der Waals surface area contributed by atoms with Crippen LogP contribution in [0.5, 0.6) is 0 Å². The Labute approximate surface area is 118 Å². The van der Waals surface area contributed by atoms with Crippen molar-refractivity contribution in [2.45, 2.75) is 44.5 Å². The second-order valence-corrected chi connectivity index (χ2v) is 7.70. The van der Waals surface area contributed by atoms with E-state index in [9.17, 15) is 9.32 Å². The van der Waals surface area contributed by atoms with Crippen LogP contribution in [0.1, 0.15) is 44.1 Å². The fraction of sp³-hybridized carbons (Fsp3) is 0.600. The zero-order valence-electron chi connectivity index (χ0n) is 12.1. The molecule has 2 N–H and O–H groups in total. The summed E-state index contributed by atoms with van der Waals surface area (Å²) in [5.41, 5.74) is 2.34. The zero-order chi connectivity index (χ0) is 14.6. The third-order valence-corrected chi connectivity index (χ3v) is 4.98. The smallest absolute Gasteiger partial charge is 0.0886 e. The second kappa shape index (κ2) is 6.64. The van der Waals surface area contributed by atoms with Crippen LogP contribution in [0.4, 0.5) is 0 Å². The first-order valence-corrected chi connectivity index (χ1v) is 7.90. The molecule has 0 bridgehead atoms. The van der Waals surface area contributed by atoms with Crippen molar-refractivity contribution in [2.24, 2.45) is 0 Å². The van der Waals surface area contributed by atoms with E-state index in [1.54, 1.807) is 0 Å². The van der Waals surface area contributed by atoms with Gasteiger partial charge >= 0.3 is 0 Å². The van der Waals surface area contributed by atoms with E-state index in [-0.39, 0.29) is 23.0 Å². The molecule has 0 fully saturated rings. The maximum Gasteiger partial charge on any atom is 0.0886 e. The summed E-state index contributed by atoms with van der Waals surface area (Å²) in [7, 11) is -1.18. The van der Waals surface area contributed by atoms with E-state index in [0.29, 0.717) is 0 Å². The Morgan fingerprint density at radius 2 is 1.74 bits per heavy atom. The van der Waals surface area contributed by atoms with E-state index in [1.807, 2.05) is 19.1 Å². The van der Waals surface area contributed by atoms with Gasteiger partial charge in [-0.25, -0.2) is 0 Å². The highest BCUT2D eigenvalue weighted by atomic mass is 32.2. The Morgan fingerprint density at radius 3 is 2.16 bits per heavy atom. The van der Waals surface area contributed by atoms with E-state index in [1.165, 1.54) is 5.56 Å². The SMILES string of the molecule is C[C@H](c1ccc(C(C)(C)C)cc1)[S@@](=O)C[C@@H](O)CO. The van der Waals surface area contributed by atoms with Gasteiger partial charge in [0.1, 0.15) is 0 Å². The van der Waals surface area contributed by atoms with Crippen LogP contribution in [0.25, 0.3) is 0 Å². The predicted octanol–water partition coefficient (Wildman–Crippen LogP) is 2.15. The lowest BCUT2D eigenvalue weighted by atomic mass is 9.86. The summed E-state index contributed by atoms with van der Waals surface area (Å²) in [6.07, 6.45) is -0.905. The van der Waals surface area contributed by atoms with Gasteiger partial charge in [-0.15, -0.1) is 0 Å². The first-order valence-electron chi connectivity index (χ1n) is 6.52. The molecule has 0 unspecified atom stereocenters. The quantitative estimate of drug-likeness (QED) is 0.871. The minimum atomic E-state index is -1.18. The molecule has 0 amide bonds. The van der Waals surface area contributed by atoms with Crippen LogP contribution in [0, 0.1) is 0 Å². The van der Waals surface area contributed by atoms with Gasteiger partial charge in [0.2, 0.25) is 0 Å². The third kappa shape index (κ3) is 4.71. The van der Waals surface area contributed by atoms with Crippen LogP contribution in [-0.2, 0) is 16.2 Å². The summed E-state index contributed by atoms with van der Waals surface area (Å²) in [5.74, 6) is 0.110. The molecule has 3 atom stereocenters. The standard InChI is InChI=1S/C15H24O3S/c1-11(19(18)10-14(17)9-16)12-5-7-13(8-6-12)15(2,3)4/h5-8,11,14,16-17H,9-10H2,1-4H3/t11-,14+,19+/m1/s1. The maximum absolute atomic E-state index is 12.0. The summed E-state index contributed by atoms with van der Waals surface area (Å²) < 4.78 is 12.0. The Morgan fingerprint density at radius 1 is 1.21 bits per heavy atom. The Balaban J connectivity index is 2.78. The molecule has 108 valence electrons. The molecule has 0 aliphatic rings. The number of aliphatic hydroxyl groups excluding tert-OH is 2. The molecule has 0 heterocycles. The average molecular weight is 284 g/mol. The van der Waals surface area contributed by atoms with Gasteiger partial charge in [0, 0.05) is 10.8 Å². The highest BCUT2D eigenvalue weighted by Gasteiger charge is 2.18. The van der Waals surface area contributed by atoms with Crippen molar-refractivity contribution in [3.63, 3.8) is 0 Å². The molecule has 0 saturated carbocycles. The fourth-order valence-electron chi connectivity index (χ4n) is 1.79.